The highest BCUT2D eigenvalue weighted by Gasteiger charge is 2.23. The van der Waals surface area contributed by atoms with E-state index in [0.29, 0.717) is 12.1 Å². The van der Waals surface area contributed by atoms with E-state index in [9.17, 15) is 0 Å². The van der Waals surface area contributed by atoms with Gasteiger partial charge in [0, 0.05) is 19.3 Å². The third-order valence-corrected chi connectivity index (χ3v) is 2.81. The van der Waals surface area contributed by atoms with Crippen LogP contribution in [0.1, 0.15) is 26.7 Å². The molecule has 0 amide bonds. The number of nitrogens with one attached hydrogen (secondary N) is 1. The number of nitrogens with zero attached hydrogens (tertiary/aromatic N) is 2. The van der Waals surface area contributed by atoms with Gasteiger partial charge in [-0.05, 0) is 19.8 Å². The molecule has 2 rings (SSSR count). The maximum absolute atomic E-state index is 5.50. The fourth-order valence-corrected chi connectivity index (χ4v) is 1.92. The minimum Gasteiger partial charge on any atom is -0.377 e. The van der Waals surface area contributed by atoms with Crippen molar-refractivity contribution in [3.63, 3.8) is 0 Å². The van der Waals surface area contributed by atoms with Crippen LogP contribution >= 0.6 is 0 Å². The van der Waals surface area contributed by atoms with E-state index in [-0.39, 0.29) is 0 Å². The fourth-order valence-electron chi connectivity index (χ4n) is 1.92. The van der Waals surface area contributed by atoms with Gasteiger partial charge in [0.2, 0.25) is 0 Å². The molecule has 1 aromatic rings. The number of hydrogen-bond acceptors (Lipinski definition) is 3. The van der Waals surface area contributed by atoms with E-state index in [1.807, 2.05) is 10.9 Å². The third kappa shape index (κ3) is 2.50. The predicted molar refractivity (Wildman–Crippen MR) is 60.0 cm³/mol. The minimum atomic E-state index is 0.305. The van der Waals surface area contributed by atoms with Crippen LogP contribution in [0.3, 0.4) is 0 Å². The van der Waals surface area contributed by atoms with E-state index in [1.54, 1.807) is 0 Å². The summed E-state index contributed by atoms with van der Waals surface area (Å²) in [7, 11) is 0. The Hall–Kier alpha value is -1.03. The summed E-state index contributed by atoms with van der Waals surface area (Å²) in [6.45, 7) is 6.11. The summed E-state index contributed by atoms with van der Waals surface area (Å²) in [5.41, 5.74) is 1.10. The lowest BCUT2D eigenvalue weighted by molar-refractivity contribution is 0.121. The van der Waals surface area contributed by atoms with Gasteiger partial charge in [0.1, 0.15) is 0 Å². The van der Waals surface area contributed by atoms with Crippen LogP contribution in [0, 0.1) is 0 Å². The van der Waals surface area contributed by atoms with E-state index in [1.165, 1.54) is 0 Å². The molecule has 1 aromatic heterocycles. The standard InChI is InChI=1S/C11H19N3O/c1-3-5-14-8-10(7-12-14)13-11-4-6-15-9(11)2/h7-9,11,13H,3-6H2,1-2H3. The van der Waals surface area contributed by atoms with Crippen LogP contribution < -0.4 is 5.32 Å². The van der Waals surface area contributed by atoms with Gasteiger partial charge in [0.25, 0.3) is 0 Å². The summed E-state index contributed by atoms with van der Waals surface area (Å²) in [5, 5.41) is 7.75. The zero-order chi connectivity index (χ0) is 10.7. The molecule has 2 heterocycles. The van der Waals surface area contributed by atoms with Crippen LogP contribution in [-0.2, 0) is 11.3 Å². The number of hydrogen-bond donors (Lipinski definition) is 1. The van der Waals surface area contributed by atoms with Gasteiger partial charge in [-0.25, -0.2) is 0 Å². The average Bonchev–Trinajstić information content (AvgIpc) is 2.79. The highest BCUT2D eigenvalue weighted by atomic mass is 16.5. The Morgan fingerprint density at radius 2 is 2.53 bits per heavy atom. The number of aromatic nitrogens is 2. The first-order chi connectivity index (χ1) is 7.29. The lowest BCUT2D eigenvalue weighted by Crippen LogP contribution is -2.26. The molecule has 0 aliphatic carbocycles. The zero-order valence-corrected chi connectivity index (χ0v) is 9.44. The van der Waals surface area contributed by atoms with E-state index in [4.69, 9.17) is 4.74 Å². The highest BCUT2D eigenvalue weighted by molar-refractivity contribution is 5.39. The molecule has 2 unspecified atom stereocenters. The summed E-state index contributed by atoms with van der Waals surface area (Å²) >= 11 is 0. The smallest absolute Gasteiger partial charge is 0.0748 e. The van der Waals surface area contributed by atoms with E-state index >= 15 is 0 Å². The van der Waals surface area contributed by atoms with Gasteiger partial charge in [-0.2, -0.15) is 5.10 Å². The number of anilines is 1. The van der Waals surface area contributed by atoms with Crippen LogP contribution in [0.4, 0.5) is 5.69 Å². The van der Waals surface area contributed by atoms with Crippen molar-refractivity contribution >= 4 is 5.69 Å². The largest absolute Gasteiger partial charge is 0.377 e. The van der Waals surface area contributed by atoms with Crippen LogP contribution in [0.25, 0.3) is 0 Å². The van der Waals surface area contributed by atoms with E-state index in [2.05, 4.69) is 30.5 Å². The Morgan fingerprint density at radius 1 is 1.67 bits per heavy atom. The first kappa shape index (κ1) is 10.5. The quantitative estimate of drug-likeness (QED) is 0.823. The minimum absolute atomic E-state index is 0.305. The van der Waals surface area contributed by atoms with Crippen LogP contribution in [0.2, 0.25) is 0 Å². The van der Waals surface area contributed by atoms with Gasteiger partial charge in [0.15, 0.2) is 0 Å². The van der Waals surface area contributed by atoms with Gasteiger partial charge in [-0.3, -0.25) is 4.68 Å². The van der Waals surface area contributed by atoms with Crippen LogP contribution in [-0.4, -0.2) is 28.5 Å². The fraction of sp³-hybridized carbons (Fsp3) is 0.727. The number of aryl methyl sites for hydroxylation is 1. The lowest BCUT2D eigenvalue weighted by atomic mass is 10.1. The monoisotopic (exact) mass is 209 g/mol. The second-order valence-corrected chi connectivity index (χ2v) is 4.11. The lowest BCUT2D eigenvalue weighted by Gasteiger charge is -2.15. The Balaban J connectivity index is 1.92. The van der Waals surface area contributed by atoms with Crippen molar-refractivity contribution in [1.82, 2.24) is 9.78 Å². The molecule has 1 N–H and O–H groups in total. The molecular formula is C11H19N3O. The second-order valence-electron chi connectivity index (χ2n) is 4.11. The summed E-state index contributed by atoms with van der Waals surface area (Å²) in [5.74, 6) is 0. The molecule has 0 aromatic carbocycles. The molecule has 1 fully saturated rings. The summed E-state index contributed by atoms with van der Waals surface area (Å²) < 4.78 is 7.48. The second kappa shape index (κ2) is 4.66. The molecule has 1 aliphatic heterocycles. The van der Waals surface area contributed by atoms with E-state index in [0.717, 1.165) is 31.7 Å². The first-order valence-electron chi connectivity index (χ1n) is 5.70. The molecule has 0 radical (unpaired) electrons. The van der Waals surface area contributed by atoms with Crippen molar-refractivity contribution in [3.05, 3.63) is 12.4 Å². The Bertz CT molecular complexity index is 311. The number of ether oxygens (including phenoxy) is 1. The van der Waals surface area contributed by atoms with Gasteiger partial charge in [0.05, 0.1) is 24.0 Å². The molecule has 1 saturated heterocycles. The Kier molecular flexibility index (Phi) is 3.26. The highest BCUT2D eigenvalue weighted by Crippen LogP contribution is 2.18. The summed E-state index contributed by atoms with van der Waals surface area (Å²) in [6, 6.07) is 0.435. The van der Waals surface area contributed by atoms with E-state index < -0.39 is 0 Å². The summed E-state index contributed by atoms with van der Waals surface area (Å²) in [6.07, 6.45) is 6.46. The first-order valence-corrected chi connectivity index (χ1v) is 5.70. The van der Waals surface area contributed by atoms with Gasteiger partial charge >= 0.3 is 0 Å². The predicted octanol–water partition coefficient (Wildman–Crippen LogP) is 1.88. The van der Waals surface area contributed by atoms with Crippen molar-refractivity contribution in [2.24, 2.45) is 0 Å². The van der Waals surface area contributed by atoms with Crippen molar-refractivity contribution in [1.29, 1.82) is 0 Å². The molecule has 0 saturated carbocycles. The molecule has 84 valence electrons. The molecule has 4 nitrogen and oxygen atoms in total. The molecule has 2 atom stereocenters. The molecule has 1 aliphatic rings. The molecule has 0 bridgehead atoms. The number of rotatable bonds is 4. The van der Waals surface area contributed by atoms with Crippen LogP contribution in [0.15, 0.2) is 12.4 Å². The van der Waals surface area contributed by atoms with Gasteiger partial charge in [-0.1, -0.05) is 6.92 Å². The van der Waals surface area contributed by atoms with Gasteiger partial charge < -0.3 is 10.1 Å². The van der Waals surface area contributed by atoms with Crippen molar-refractivity contribution in [2.45, 2.75) is 45.4 Å². The molecule has 0 spiro atoms. The SMILES string of the molecule is CCCn1cc(NC2CCOC2C)cn1. The maximum Gasteiger partial charge on any atom is 0.0748 e. The molecule has 4 heteroatoms. The third-order valence-electron chi connectivity index (χ3n) is 2.81. The average molecular weight is 209 g/mol. The molecule has 15 heavy (non-hydrogen) atoms. The normalized spacial score (nSPS) is 25.7. The Labute approximate surface area is 90.6 Å². The van der Waals surface area contributed by atoms with Crippen molar-refractivity contribution < 1.29 is 4.74 Å². The summed E-state index contributed by atoms with van der Waals surface area (Å²) in [4.78, 5) is 0. The zero-order valence-electron chi connectivity index (χ0n) is 9.44. The van der Waals surface area contributed by atoms with Crippen molar-refractivity contribution in [2.75, 3.05) is 11.9 Å². The maximum atomic E-state index is 5.50. The topological polar surface area (TPSA) is 39.1 Å². The molecular weight excluding hydrogens is 190 g/mol. The Morgan fingerprint density at radius 3 is 3.20 bits per heavy atom. The van der Waals surface area contributed by atoms with Crippen LogP contribution in [0.5, 0.6) is 0 Å². The van der Waals surface area contributed by atoms with Gasteiger partial charge in [-0.15, -0.1) is 0 Å². The van der Waals surface area contributed by atoms with Crippen molar-refractivity contribution in [3.8, 4) is 0 Å².